The van der Waals surface area contributed by atoms with E-state index in [0.29, 0.717) is 12.4 Å². The molecule has 2 aromatic rings. The number of amides is 1. The number of anilines is 1. The number of halogens is 1. The molecule has 0 aliphatic rings. The van der Waals surface area contributed by atoms with Gasteiger partial charge in [-0.3, -0.25) is 4.79 Å². The predicted molar refractivity (Wildman–Crippen MR) is 87.3 cm³/mol. The highest BCUT2D eigenvalue weighted by Gasteiger charge is 2.14. The number of para-hydroxylation sites is 1. The topological polar surface area (TPSA) is 67.2 Å². The van der Waals surface area contributed by atoms with Crippen LogP contribution in [0.4, 0.5) is 6.01 Å². The maximum absolute atomic E-state index is 11.3. The summed E-state index contributed by atoms with van der Waals surface area (Å²) in [5.41, 5.74) is 1.55. The molecule has 1 heterocycles. The van der Waals surface area contributed by atoms with E-state index in [1.54, 1.807) is 0 Å². The standard InChI is InChI=1S/C15H20BrN3O2/c1-4-13(20)17-9(2)8-10(3)18-15-19-12-7-5-6-11(16)14(12)21-15/h5-7,9-10H,4,8H2,1-3H3,(H,17,20)(H,18,19). The van der Waals surface area contributed by atoms with Crippen molar-refractivity contribution >= 4 is 39.0 Å². The van der Waals surface area contributed by atoms with Gasteiger partial charge in [-0.05, 0) is 48.3 Å². The van der Waals surface area contributed by atoms with Crippen molar-refractivity contribution in [2.24, 2.45) is 0 Å². The first-order chi connectivity index (χ1) is 9.99. The lowest BCUT2D eigenvalue weighted by Gasteiger charge is -2.18. The number of nitrogens with one attached hydrogen (secondary N) is 2. The van der Waals surface area contributed by atoms with Crippen LogP contribution in [0, 0.1) is 0 Å². The molecule has 114 valence electrons. The zero-order valence-electron chi connectivity index (χ0n) is 12.4. The molecule has 2 N–H and O–H groups in total. The minimum atomic E-state index is 0.0699. The van der Waals surface area contributed by atoms with Crippen molar-refractivity contribution in [2.75, 3.05) is 5.32 Å². The van der Waals surface area contributed by atoms with Gasteiger partial charge in [0.25, 0.3) is 6.01 Å². The number of fused-ring (bicyclic) bond motifs is 1. The summed E-state index contributed by atoms with van der Waals surface area (Å²) in [6, 6.07) is 6.50. The zero-order chi connectivity index (χ0) is 15.4. The Kier molecular flexibility index (Phi) is 5.22. The lowest BCUT2D eigenvalue weighted by atomic mass is 10.1. The van der Waals surface area contributed by atoms with E-state index in [4.69, 9.17) is 4.42 Å². The summed E-state index contributed by atoms with van der Waals surface area (Å²) in [6.07, 6.45) is 1.30. The zero-order valence-corrected chi connectivity index (χ0v) is 14.0. The molecule has 21 heavy (non-hydrogen) atoms. The second-order valence-electron chi connectivity index (χ2n) is 5.21. The van der Waals surface area contributed by atoms with Crippen molar-refractivity contribution < 1.29 is 9.21 Å². The molecule has 0 saturated heterocycles. The molecule has 2 rings (SSSR count). The largest absolute Gasteiger partial charge is 0.422 e. The fourth-order valence-electron chi connectivity index (χ4n) is 2.21. The summed E-state index contributed by atoms with van der Waals surface area (Å²) in [6.45, 7) is 5.88. The molecular formula is C15H20BrN3O2. The van der Waals surface area contributed by atoms with Gasteiger partial charge in [0.2, 0.25) is 5.91 Å². The maximum atomic E-state index is 11.3. The molecule has 0 fully saturated rings. The molecule has 2 unspecified atom stereocenters. The molecule has 0 bridgehead atoms. The van der Waals surface area contributed by atoms with Crippen LogP contribution in [0.2, 0.25) is 0 Å². The average Bonchev–Trinajstić information content (AvgIpc) is 2.82. The maximum Gasteiger partial charge on any atom is 0.295 e. The third-order valence-corrected chi connectivity index (χ3v) is 3.80. The summed E-state index contributed by atoms with van der Waals surface area (Å²) >= 11 is 3.44. The lowest BCUT2D eigenvalue weighted by molar-refractivity contribution is -0.121. The van der Waals surface area contributed by atoms with Crippen LogP contribution < -0.4 is 10.6 Å². The molecular weight excluding hydrogens is 334 g/mol. The minimum Gasteiger partial charge on any atom is -0.422 e. The first-order valence-electron chi connectivity index (χ1n) is 7.10. The highest BCUT2D eigenvalue weighted by Crippen LogP contribution is 2.26. The van der Waals surface area contributed by atoms with E-state index in [-0.39, 0.29) is 18.0 Å². The quantitative estimate of drug-likeness (QED) is 0.830. The van der Waals surface area contributed by atoms with E-state index in [1.807, 2.05) is 39.0 Å². The van der Waals surface area contributed by atoms with Gasteiger partial charge in [-0.15, -0.1) is 0 Å². The van der Waals surface area contributed by atoms with Crippen LogP contribution in [0.5, 0.6) is 0 Å². The Hall–Kier alpha value is -1.56. The summed E-state index contributed by atoms with van der Waals surface area (Å²) in [7, 11) is 0. The molecule has 1 amide bonds. The van der Waals surface area contributed by atoms with Crippen molar-refractivity contribution in [3.63, 3.8) is 0 Å². The van der Waals surface area contributed by atoms with Crippen molar-refractivity contribution in [1.82, 2.24) is 10.3 Å². The predicted octanol–water partition coefficient (Wildman–Crippen LogP) is 3.70. The Morgan fingerprint density at radius 1 is 1.38 bits per heavy atom. The molecule has 0 radical (unpaired) electrons. The number of hydrogen-bond acceptors (Lipinski definition) is 4. The van der Waals surface area contributed by atoms with Gasteiger partial charge in [0, 0.05) is 18.5 Å². The van der Waals surface area contributed by atoms with E-state index >= 15 is 0 Å². The normalized spacial score (nSPS) is 13.9. The first-order valence-corrected chi connectivity index (χ1v) is 7.89. The molecule has 6 heteroatoms. The molecule has 1 aromatic carbocycles. The van der Waals surface area contributed by atoms with Crippen molar-refractivity contribution in [3.05, 3.63) is 22.7 Å². The number of aromatic nitrogens is 1. The van der Waals surface area contributed by atoms with Crippen LogP contribution >= 0.6 is 15.9 Å². The number of carbonyl (C=O) groups excluding carboxylic acids is 1. The SMILES string of the molecule is CCC(=O)NC(C)CC(C)Nc1nc2cccc(Br)c2o1. The highest BCUT2D eigenvalue weighted by atomic mass is 79.9. The third-order valence-electron chi connectivity index (χ3n) is 3.17. The fraction of sp³-hybridized carbons (Fsp3) is 0.467. The Labute approximate surface area is 132 Å². The van der Waals surface area contributed by atoms with Gasteiger partial charge in [-0.1, -0.05) is 13.0 Å². The van der Waals surface area contributed by atoms with Gasteiger partial charge in [-0.2, -0.15) is 4.98 Å². The third kappa shape index (κ3) is 4.20. The van der Waals surface area contributed by atoms with E-state index in [0.717, 1.165) is 22.0 Å². The monoisotopic (exact) mass is 353 g/mol. The average molecular weight is 354 g/mol. The number of benzene rings is 1. The Morgan fingerprint density at radius 2 is 2.14 bits per heavy atom. The van der Waals surface area contributed by atoms with Gasteiger partial charge < -0.3 is 15.1 Å². The number of rotatable bonds is 6. The van der Waals surface area contributed by atoms with Crippen LogP contribution in [0.3, 0.4) is 0 Å². The van der Waals surface area contributed by atoms with E-state index < -0.39 is 0 Å². The number of nitrogens with zero attached hydrogens (tertiary/aromatic N) is 1. The minimum absolute atomic E-state index is 0.0699. The summed E-state index contributed by atoms with van der Waals surface area (Å²) in [5.74, 6) is 0.0699. The smallest absolute Gasteiger partial charge is 0.295 e. The van der Waals surface area contributed by atoms with Crippen molar-refractivity contribution in [3.8, 4) is 0 Å². The van der Waals surface area contributed by atoms with Crippen molar-refractivity contribution in [2.45, 2.75) is 45.7 Å². The first kappa shape index (κ1) is 15.8. The molecule has 0 spiro atoms. The van der Waals surface area contributed by atoms with Crippen LogP contribution in [-0.2, 0) is 4.79 Å². The summed E-state index contributed by atoms with van der Waals surface area (Å²) < 4.78 is 6.58. The van der Waals surface area contributed by atoms with Gasteiger partial charge in [0.15, 0.2) is 5.58 Å². The Balaban J connectivity index is 1.96. The number of carbonyl (C=O) groups is 1. The second kappa shape index (κ2) is 6.93. The molecule has 2 atom stereocenters. The molecule has 5 nitrogen and oxygen atoms in total. The van der Waals surface area contributed by atoms with Gasteiger partial charge in [0.1, 0.15) is 5.52 Å². The van der Waals surface area contributed by atoms with Crippen LogP contribution in [0.25, 0.3) is 11.1 Å². The van der Waals surface area contributed by atoms with E-state index in [9.17, 15) is 4.79 Å². The van der Waals surface area contributed by atoms with Gasteiger partial charge >= 0.3 is 0 Å². The fourth-order valence-corrected chi connectivity index (χ4v) is 2.65. The van der Waals surface area contributed by atoms with E-state index in [2.05, 4.69) is 31.5 Å². The Morgan fingerprint density at radius 3 is 2.81 bits per heavy atom. The highest BCUT2D eigenvalue weighted by molar-refractivity contribution is 9.10. The van der Waals surface area contributed by atoms with E-state index in [1.165, 1.54) is 0 Å². The van der Waals surface area contributed by atoms with Crippen LogP contribution in [-0.4, -0.2) is 23.0 Å². The number of hydrogen-bond donors (Lipinski definition) is 2. The summed E-state index contributed by atoms with van der Waals surface area (Å²) in [5, 5.41) is 6.18. The lowest BCUT2D eigenvalue weighted by Crippen LogP contribution is -2.35. The Bertz CT molecular complexity index is 626. The molecule has 0 aliphatic carbocycles. The van der Waals surface area contributed by atoms with Gasteiger partial charge in [0.05, 0.1) is 4.47 Å². The van der Waals surface area contributed by atoms with Crippen LogP contribution in [0.1, 0.15) is 33.6 Å². The van der Waals surface area contributed by atoms with Gasteiger partial charge in [-0.25, -0.2) is 0 Å². The summed E-state index contributed by atoms with van der Waals surface area (Å²) in [4.78, 5) is 15.8. The molecule has 0 saturated carbocycles. The molecule has 0 aliphatic heterocycles. The van der Waals surface area contributed by atoms with Crippen molar-refractivity contribution in [1.29, 1.82) is 0 Å². The second-order valence-corrected chi connectivity index (χ2v) is 6.06. The molecule has 1 aromatic heterocycles. The van der Waals surface area contributed by atoms with Crippen LogP contribution in [0.15, 0.2) is 27.1 Å². The number of oxazole rings is 1.